The molecule has 132 valence electrons. The van der Waals surface area contributed by atoms with E-state index in [9.17, 15) is 4.79 Å². The molecule has 1 saturated carbocycles. The van der Waals surface area contributed by atoms with Crippen molar-refractivity contribution in [2.45, 2.75) is 44.7 Å². The normalized spacial score (nSPS) is 22.0. The molecule has 1 aliphatic heterocycles. The van der Waals surface area contributed by atoms with E-state index in [0.29, 0.717) is 17.5 Å². The van der Waals surface area contributed by atoms with Gasteiger partial charge in [-0.25, -0.2) is 0 Å². The highest BCUT2D eigenvalue weighted by atomic mass is 16.5. The fourth-order valence-electron chi connectivity index (χ4n) is 3.61. The fourth-order valence-corrected chi connectivity index (χ4v) is 3.61. The number of hydrogen-bond acceptors (Lipinski definition) is 4. The number of carbonyl (C=O) groups excluding carboxylic acids is 1. The van der Waals surface area contributed by atoms with Crippen LogP contribution in [0.5, 0.6) is 0 Å². The molecular formula is C20H25N3O2. The molecular weight excluding hydrogens is 314 g/mol. The van der Waals surface area contributed by atoms with Crippen LogP contribution < -0.4 is 5.32 Å². The third-order valence-corrected chi connectivity index (χ3v) is 5.36. The Kier molecular flexibility index (Phi) is 4.57. The predicted molar refractivity (Wildman–Crippen MR) is 95.2 cm³/mol. The van der Waals surface area contributed by atoms with E-state index in [1.807, 2.05) is 6.07 Å². The average molecular weight is 339 g/mol. The van der Waals surface area contributed by atoms with Crippen LogP contribution in [0.2, 0.25) is 0 Å². The molecule has 1 aromatic heterocycles. The first-order valence-electron chi connectivity index (χ1n) is 9.23. The van der Waals surface area contributed by atoms with Crippen molar-refractivity contribution in [3.05, 3.63) is 53.4 Å². The number of carbonyl (C=O) groups is 1. The zero-order chi connectivity index (χ0) is 17.2. The summed E-state index contributed by atoms with van der Waals surface area (Å²) in [5.41, 5.74) is 1.75. The van der Waals surface area contributed by atoms with Crippen LogP contribution in [0, 0.1) is 5.92 Å². The van der Waals surface area contributed by atoms with E-state index in [4.69, 9.17) is 4.52 Å². The summed E-state index contributed by atoms with van der Waals surface area (Å²) in [6.45, 7) is 5.17. The van der Waals surface area contributed by atoms with Gasteiger partial charge in [-0.2, -0.15) is 0 Å². The molecule has 5 nitrogen and oxygen atoms in total. The first-order valence-corrected chi connectivity index (χ1v) is 9.23. The van der Waals surface area contributed by atoms with E-state index in [-0.39, 0.29) is 11.9 Å². The summed E-state index contributed by atoms with van der Waals surface area (Å²) < 4.78 is 5.28. The Labute approximate surface area is 148 Å². The molecule has 25 heavy (non-hydrogen) atoms. The van der Waals surface area contributed by atoms with Crippen LogP contribution in [0.4, 0.5) is 0 Å². The number of hydrogen-bond donors (Lipinski definition) is 1. The van der Waals surface area contributed by atoms with Crippen LogP contribution in [0.3, 0.4) is 0 Å². The first-order chi connectivity index (χ1) is 12.2. The van der Waals surface area contributed by atoms with Gasteiger partial charge in [-0.3, -0.25) is 9.69 Å². The Morgan fingerprint density at radius 1 is 1.32 bits per heavy atom. The van der Waals surface area contributed by atoms with Crippen molar-refractivity contribution in [2.24, 2.45) is 5.92 Å². The number of amides is 1. The Hall–Kier alpha value is -2.14. The molecule has 1 aromatic carbocycles. The van der Waals surface area contributed by atoms with Gasteiger partial charge in [0.05, 0.1) is 0 Å². The number of likely N-dealkylation sites (tertiary alicyclic amines) is 1. The van der Waals surface area contributed by atoms with E-state index >= 15 is 0 Å². The summed E-state index contributed by atoms with van der Waals surface area (Å²) in [6.07, 6.45) is 3.40. The zero-order valence-corrected chi connectivity index (χ0v) is 14.6. The molecule has 1 aliphatic carbocycles. The van der Waals surface area contributed by atoms with Crippen molar-refractivity contribution >= 4 is 5.91 Å². The molecule has 2 aliphatic rings. The van der Waals surface area contributed by atoms with Gasteiger partial charge in [0.15, 0.2) is 5.69 Å². The molecule has 2 fully saturated rings. The summed E-state index contributed by atoms with van der Waals surface area (Å²) in [5.74, 6) is 1.69. The predicted octanol–water partition coefficient (Wildman–Crippen LogP) is 3.19. The first kappa shape index (κ1) is 16.3. The van der Waals surface area contributed by atoms with Crippen LogP contribution >= 0.6 is 0 Å². The van der Waals surface area contributed by atoms with Crippen molar-refractivity contribution < 1.29 is 9.32 Å². The third-order valence-electron chi connectivity index (χ3n) is 5.36. The van der Waals surface area contributed by atoms with Gasteiger partial charge in [0.1, 0.15) is 5.76 Å². The zero-order valence-electron chi connectivity index (χ0n) is 14.6. The maximum absolute atomic E-state index is 12.4. The molecule has 0 spiro atoms. The standard InChI is InChI=1S/C20H25N3O2/c1-14(21-20(24)18-11-19(25-22-18)16-7-8-16)17-9-10-23(13-17)12-15-5-3-2-4-6-15/h2-6,11,14,16-17H,7-10,12-13H2,1H3,(H,21,24)/t14-,17-/m1/s1. The lowest BCUT2D eigenvalue weighted by Crippen LogP contribution is -2.39. The van der Waals surface area contributed by atoms with E-state index in [1.54, 1.807) is 6.07 Å². The second-order valence-corrected chi connectivity index (χ2v) is 7.42. The van der Waals surface area contributed by atoms with Crippen LogP contribution in [-0.2, 0) is 6.54 Å². The van der Waals surface area contributed by atoms with Gasteiger partial charge in [-0.05, 0) is 44.2 Å². The summed E-state index contributed by atoms with van der Waals surface area (Å²) in [7, 11) is 0. The van der Waals surface area contributed by atoms with Crippen molar-refractivity contribution in [1.82, 2.24) is 15.4 Å². The van der Waals surface area contributed by atoms with Crippen LogP contribution in [0.25, 0.3) is 0 Å². The maximum Gasteiger partial charge on any atom is 0.273 e. The lowest BCUT2D eigenvalue weighted by molar-refractivity contribution is 0.0917. The summed E-state index contributed by atoms with van der Waals surface area (Å²) in [5, 5.41) is 7.04. The highest BCUT2D eigenvalue weighted by Gasteiger charge is 2.31. The average Bonchev–Trinajstić information content (AvgIpc) is 3.16. The monoisotopic (exact) mass is 339 g/mol. The molecule has 2 aromatic rings. The lowest BCUT2D eigenvalue weighted by atomic mass is 10.0. The van der Waals surface area contributed by atoms with Crippen molar-refractivity contribution in [3.63, 3.8) is 0 Å². The van der Waals surface area contributed by atoms with Gasteiger partial charge in [0, 0.05) is 31.1 Å². The van der Waals surface area contributed by atoms with E-state index in [0.717, 1.165) is 44.7 Å². The fraction of sp³-hybridized carbons (Fsp3) is 0.500. The highest BCUT2D eigenvalue weighted by Crippen LogP contribution is 2.40. The Morgan fingerprint density at radius 3 is 2.88 bits per heavy atom. The van der Waals surface area contributed by atoms with E-state index in [2.05, 4.69) is 46.6 Å². The Balaban J connectivity index is 1.29. The number of aromatic nitrogens is 1. The minimum Gasteiger partial charge on any atom is -0.360 e. The molecule has 5 heteroatoms. The van der Waals surface area contributed by atoms with E-state index in [1.165, 1.54) is 5.56 Å². The molecule has 1 saturated heterocycles. The topological polar surface area (TPSA) is 58.4 Å². The molecule has 0 unspecified atom stereocenters. The third kappa shape index (κ3) is 3.93. The second kappa shape index (κ2) is 7.00. The molecule has 1 N–H and O–H groups in total. The second-order valence-electron chi connectivity index (χ2n) is 7.42. The van der Waals surface area contributed by atoms with Gasteiger partial charge in [0.2, 0.25) is 0 Å². The van der Waals surface area contributed by atoms with Gasteiger partial charge in [-0.15, -0.1) is 0 Å². The maximum atomic E-state index is 12.4. The summed E-state index contributed by atoms with van der Waals surface area (Å²) in [6, 6.07) is 12.5. The molecule has 2 heterocycles. The molecule has 0 radical (unpaired) electrons. The van der Waals surface area contributed by atoms with Crippen molar-refractivity contribution in [1.29, 1.82) is 0 Å². The highest BCUT2D eigenvalue weighted by molar-refractivity contribution is 5.92. The number of rotatable bonds is 6. The van der Waals surface area contributed by atoms with Crippen molar-refractivity contribution in [2.75, 3.05) is 13.1 Å². The minimum atomic E-state index is -0.121. The van der Waals surface area contributed by atoms with Gasteiger partial charge in [-0.1, -0.05) is 35.5 Å². The smallest absolute Gasteiger partial charge is 0.273 e. The molecule has 4 rings (SSSR count). The lowest BCUT2D eigenvalue weighted by Gasteiger charge is -2.21. The Morgan fingerprint density at radius 2 is 2.12 bits per heavy atom. The SMILES string of the molecule is C[C@@H](NC(=O)c1cc(C2CC2)on1)[C@@H]1CCN(Cc2ccccc2)C1. The summed E-state index contributed by atoms with van der Waals surface area (Å²) >= 11 is 0. The van der Waals surface area contributed by atoms with Gasteiger partial charge < -0.3 is 9.84 Å². The Bertz CT molecular complexity index is 724. The van der Waals surface area contributed by atoms with Gasteiger partial charge >= 0.3 is 0 Å². The number of nitrogens with one attached hydrogen (secondary N) is 1. The minimum absolute atomic E-state index is 0.121. The molecule has 0 bridgehead atoms. The van der Waals surface area contributed by atoms with Crippen LogP contribution in [0.1, 0.15) is 53.9 Å². The van der Waals surface area contributed by atoms with Crippen molar-refractivity contribution in [3.8, 4) is 0 Å². The van der Waals surface area contributed by atoms with E-state index < -0.39 is 0 Å². The molecule has 1 amide bonds. The van der Waals surface area contributed by atoms with Gasteiger partial charge in [0.25, 0.3) is 5.91 Å². The largest absolute Gasteiger partial charge is 0.360 e. The van der Waals surface area contributed by atoms with Crippen LogP contribution in [0.15, 0.2) is 40.9 Å². The quantitative estimate of drug-likeness (QED) is 0.878. The number of benzene rings is 1. The van der Waals surface area contributed by atoms with Crippen LogP contribution in [-0.4, -0.2) is 35.1 Å². The number of nitrogens with zero attached hydrogens (tertiary/aromatic N) is 2. The molecule has 2 atom stereocenters. The summed E-state index contributed by atoms with van der Waals surface area (Å²) in [4.78, 5) is 14.9.